The van der Waals surface area contributed by atoms with Gasteiger partial charge in [0.15, 0.2) is 0 Å². The number of hydrogen-bond donors (Lipinski definition) is 0. The maximum Gasteiger partial charge on any atom is 0.338 e. The number of carbonyl (C=O) groups excluding carboxylic acids is 1. The predicted molar refractivity (Wildman–Crippen MR) is 122 cm³/mol. The van der Waals surface area contributed by atoms with Crippen LogP contribution in [0.1, 0.15) is 67.3 Å². The predicted octanol–water partition coefficient (Wildman–Crippen LogP) is 5.81. The highest BCUT2D eigenvalue weighted by Gasteiger charge is 2.22. The van der Waals surface area contributed by atoms with E-state index in [2.05, 4.69) is 19.1 Å². The third-order valence-corrected chi connectivity index (χ3v) is 6.04. The lowest BCUT2D eigenvalue weighted by Crippen LogP contribution is -2.14. The third kappa shape index (κ3) is 6.74. The fraction of sp³-hybridized carbons (Fsp3) is 0.458. The van der Waals surface area contributed by atoms with E-state index in [4.69, 9.17) is 9.47 Å². The van der Waals surface area contributed by atoms with Crippen molar-refractivity contribution in [1.29, 1.82) is 0 Å². The summed E-state index contributed by atoms with van der Waals surface area (Å²) in [5.74, 6) is 1.22. The van der Waals surface area contributed by atoms with E-state index in [0.29, 0.717) is 11.7 Å². The van der Waals surface area contributed by atoms with Crippen molar-refractivity contribution < 1.29 is 24.1 Å². The first-order chi connectivity index (χ1) is 15.9. The Morgan fingerprint density at radius 2 is 1.55 bits per heavy atom. The van der Waals surface area contributed by atoms with Crippen LogP contribution in [0.5, 0.6) is 5.75 Å². The average Bonchev–Trinajstić information content (AvgIpc) is 2.82. The van der Waals surface area contributed by atoms with Crippen LogP contribution >= 0.6 is 0 Å². The lowest BCUT2D eigenvalue weighted by Gasteiger charge is -2.28. The zero-order valence-electron chi connectivity index (χ0n) is 18.6. The first kappa shape index (κ1) is 24.2. The lowest BCUT2D eigenvalue weighted by molar-refractivity contribution is -0.394. The SMILES string of the molecule is CCCC1CCC(c2ccc(OCCOC(=O)c3cc([N+](=O)[O-])cc([N+](=O)[O-])c3)cc2)CC1. The molecule has 0 radical (unpaired) electrons. The summed E-state index contributed by atoms with van der Waals surface area (Å²) in [7, 11) is 0. The number of nitro groups is 2. The van der Waals surface area contributed by atoms with Gasteiger partial charge in [-0.2, -0.15) is 0 Å². The summed E-state index contributed by atoms with van der Waals surface area (Å²) in [6.07, 6.45) is 7.59. The van der Waals surface area contributed by atoms with Crippen LogP contribution in [0.2, 0.25) is 0 Å². The van der Waals surface area contributed by atoms with Crippen LogP contribution in [-0.2, 0) is 4.74 Å². The fourth-order valence-corrected chi connectivity index (χ4v) is 4.33. The molecule has 9 heteroatoms. The molecule has 1 aliphatic carbocycles. The molecule has 1 saturated carbocycles. The summed E-state index contributed by atoms with van der Waals surface area (Å²) in [5, 5.41) is 21.9. The van der Waals surface area contributed by atoms with Gasteiger partial charge in [0, 0.05) is 12.1 Å². The quantitative estimate of drug-likeness (QED) is 0.191. The van der Waals surface area contributed by atoms with Gasteiger partial charge in [0.25, 0.3) is 11.4 Å². The second-order valence-corrected chi connectivity index (χ2v) is 8.31. The van der Waals surface area contributed by atoms with Crippen LogP contribution in [0, 0.1) is 26.1 Å². The molecular weight excluding hydrogens is 428 g/mol. The summed E-state index contributed by atoms with van der Waals surface area (Å²) < 4.78 is 10.7. The number of ether oxygens (including phenoxy) is 2. The minimum absolute atomic E-state index is 0.0875. The Hall–Kier alpha value is -3.49. The minimum atomic E-state index is -0.889. The minimum Gasteiger partial charge on any atom is -0.490 e. The molecule has 3 rings (SSSR count). The van der Waals surface area contributed by atoms with Gasteiger partial charge in [0.1, 0.15) is 19.0 Å². The van der Waals surface area contributed by atoms with Crippen molar-refractivity contribution in [1.82, 2.24) is 0 Å². The molecular formula is C24H28N2O7. The summed E-state index contributed by atoms with van der Waals surface area (Å²) >= 11 is 0. The van der Waals surface area contributed by atoms with Crippen molar-refractivity contribution in [3.05, 3.63) is 73.8 Å². The molecule has 0 amide bonds. The Kier molecular flexibility index (Phi) is 8.34. The Morgan fingerprint density at radius 1 is 0.939 bits per heavy atom. The summed E-state index contributed by atoms with van der Waals surface area (Å²) in [6, 6.07) is 10.6. The molecule has 0 unspecified atom stereocenters. The number of esters is 1. The van der Waals surface area contributed by atoms with Gasteiger partial charge in [-0.15, -0.1) is 0 Å². The first-order valence-electron chi connectivity index (χ1n) is 11.2. The van der Waals surface area contributed by atoms with Crippen molar-refractivity contribution in [2.24, 2.45) is 5.92 Å². The van der Waals surface area contributed by atoms with E-state index >= 15 is 0 Å². The second kappa shape index (κ2) is 11.4. The van der Waals surface area contributed by atoms with Crippen LogP contribution in [0.3, 0.4) is 0 Å². The molecule has 0 aliphatic heterocycles. The van der Waals surface area contributed by atoms with E-state index < -0.39 is 27.2 Å². The van der Waals surface area contributed by atoms with Gasteiger partial charge in [-0.25, -0.2) is 4.79 Å². The molecule has 0 N–H and O–H groups in total. The van der Waals surface area contributed by atoms with Crippen LogP contribution in [-0.4, -0.2) is 29.0 Å². The van der Waals surface area contributed by atoms with Crippen molar-refractivity contribution in [3.8, 4) is 5.75 Å². The van der Waals surface area contributed by atoms with Gasteiger partial charge in [0.05, 0.1) is 21.5 Å². The van der Waals surface area contributed by atoms with Crippen molar-refractivity contribution in [3.63, 3.8) is 0 Å². The topological polar surface area (TPSA) is 122 Å². The standard InChI is InChI=1S/C24H28N2O7/c1-2-3-17-4-6-18(7-5-17)19-8-10-23(11-9-19)32-12-13-33-24(27)20-14-21(25(28)29)16-22(15-20)26(30)31/h8-11,14-18H,2-7,12-13H2,1H3. The molecule has 33 heavy (non-hydrogen) atoms. The highest BCUT2D eigenvalue weighted by molar-refractivity contribution is 5.91. The molecule has 9 nitrogen and oxygen atoms in total. The smallest absolute Gasteiger partial charge is 0.338 e. The van der Waals surface area contributed by atoms with Crippen molar-refractivity contribution in [2.45, 2.75) is 51.4 Å². The lowest BCUT2D eigenvalue weighted by atomic mass is 9.77. The highest BCUT2D eigenvalue weighted by atomic mass is 16.6. The monoisotopic (exact) mass is 456 g/mol. The Balaban J connectivity index is 1.47. The number of rotatable bonds is 10. The van der Waals surface area contributed by atoms with Gasteiger partial charge >= 0.3 is 5.97 Å². The molecule has 2 aromatic carbocycles. The van der Waals surface area contributed by atoms with Crippen molar-refractivity contribution in [2.75, 3.05) is 13.2 Å². The molecule has 0 aromatic heterocycles. The number of benzene rings is 2. The normalized spacial score (nSPS) is 17.8. The largest absolute Gasteiger partial charge is 0.490 e. The van der Waals surface area contributed by atoms with E-state index in [1.54, 1.807) is 0 Å². The van der Waals surface area contributed by atoms with E-state index in [1.165, 1.54) is 44.1 Å². The van der Waals surface area contributed by atoms with Gasteiger partial charge in [-0.3, -0.25) is 20.2 Å². The van der Waals surface area contributed by atoms with Gasteiger partial charge in [-0.05, 0) is 55.2 Å². The molecule has 1 aliphatic rings. The Morgan fingerprint density at radius 3 is 2.09 bits per heavy atom. The Labute approximate surface area is 192 Å². The molecule has 0 atom stereocenters. The van der Waals surface area contributed by atoms with Crippen LogP contribution < -0.4 is 4.74 Å². The average molecular weight is 456 g/mol. The second-order valence-electron chi connectivity index (χ2n) is 8.31. The van der Waals surface area contributed by atoms with Gasteiger partial charge < -0.3 is 9.47 Å². The third-order valence-electron chi connectivity index (χ3n) is 6.04. The molecule has 0 spiro atoms. The van der Waals surface area contributed by atoms with Gasteiger partial charge in [0.2, 0.25) is 0 Å². The maximum atomic E-state index is 12.2. The number of nitrogens with zero attached hydrogens (tertiary/aromatic N) is 2. The van der Waals surface area contributed by atoms with Crippen LogP contribution in [0.15, 0.2) is 42.5 Å². The van der Waals surface area contributed by atoms with Crippen LogP contribution in [0.25, 0.3) is 0 Å². The number of hydrogen-bond acceptors (Lipinski definition) is 7. The van der Waals surface area contributed by atoms with E-state index in [0.717, 1.165) is 24.1 Å². The first-order valence-corrected chi connectivity index (χ1v) is 11.2. The summed E-state index contributed by atoms with van der Waals surface area (Å²) in [6.45, 7) is 2.23. The van der Waals surface area contributed by atoms with Crippen molar-refractivity contribution >= 4 is 17.3 Å². The zero-order valence-corrected chi connectivity index (χ0v) is 18.6. The number of carbonyl (C=O) groups is 1. The number of nitro benzene ring substituents is 2. The molecule has 1 fully saturated rings. The van der Waals surface area contributed by atoms with E-state index in [-0.39, 0.29) is 18.8 Å². The Bertz CT molecular complexity index is 951. The molecule has 0 heterocycles. The highest BCUT2D eigenvalue weighted by Crippen LogP contribution is 2.37. The van der Waals surface area contributed by atoms with E-state index in [1.807, 2.05) is 12.1 Å². The molecule has 2 aromatic rings. The summed E-state index contributed by atoms with van der Waals surface area (Å²) in [4.78, 5) is 32.5. The van der Waals surface area contributed by atoms with Gasteiger partial charge in [-0.1, -0.05) is 31.9 Å². The maximum absolute atomic E-state index is 12.2. The van der Waals surface area contributed by atoms with E-state index in [9.17, 15) is 25.0 Å². The van der Waals surface area contributed by atoms with Crippen LogP contribution in [0.4, 0.5) is 11.4 Å². The fourth-order valence-electron chi connectivity index (χ4n) is 4.33. The summed E-state index contributed by atoms with van der Waals surface area (Å²) in [5.41, 5.74) is -0.0393. The zero-order chi connectivity index (χ0) is 23.8. The molecule has 0 saturated heterocycles. The molecule has 0 bridgehead atoms. The number of non-ortho nitro benzene ring substituents is 2. The molecule has 176 valence electrons.